The van der Waals surface area contributed by atoms with Crippen molar-refractivity contribution < 1.29 is 4.79 Å². The Morgan fingerprint density at radius 3 is 2.26 bits per heavy atom. The van der Waals surface area contributed by atoms with Gasteiger partial charge in [0.05, 0.1) is 6.54 Å². The van der Waals surface area contributed by atoms with Gasteiger partial charge in [0.2, 0.25) is 5.91 Å². The summed E-state index contributed by atoms with van der Waals surface area (Å²) in [4.78, 5) is 11.9. The minimum absolute atomic E-state index is 0.159. The van der Waals surface area contributed by atoms with Crippen LogP contribution in [0.4, 0.5) is 0 Å². The third-order valence-electron chi connectivity index (χ3n) is 4.65. The van der Waals surface area contributed by atoms with Crippen LogP contribution in [0.2, 0.25) is 0 Å². The molecule has 0 atom stereocenters. The lowest BCUT2D eigenvalue weighted by atomic mass is 9.81. The highest BCUT2D eigenvalue weighted by molar-refractivity contribution is 5.78. The zero-order valence-electron chi connectivity index (χ0n) is 13.2. The number of carbonyl (C=O) groups is 1. The van der Waals surface area contributed by atoms with Crippen molar-refractivity contribution in [1.29, 1.82) is 0 Å². The van der Waals surface area contributed by atoms with Gasteiger partial charge in [-0.3, -0.25) is 4.79 Å². The quantitative estimate of drug-likeness (QED) is 0.727. The van der Waals surface area contributed by atoms with Crippen molar-refractivity contribution >= 4 is 5.91 Å². The normalized spacial score (nSPS) is 18.4. The molecule has 0 aromatic rings. The molecule has 1 aliphatic rings. The third-order valence-corrected chi connectivity index (χ3v) is 4.65. The van der Waals surface area contributed by atoms with Gasteiger partial charge in [-0.25, -0.2) is 0 Å². The summed E-state index contributed by atoms with van der Waals surface area (Å²) < 4.78 is 0. The number of hydrogen-bond donors (Lipinski definition) is 2. The number of carbonyl (C=O) groups excluding carboxylic acids is 1. The first kappa shape index (κ1) is 16.5. The maximum atomic E-state index is 11.9. The van der Waals surface area contributed by atoms with Crippen LogP contribution < -0.4 is 10.6 Å². The molecule has 0 bridgehead atoms. The minimum atomic E-state index is 0.159. The summed E-state index contributed by atoms with van der Waals surface area (Å²) >= 11 is 0. The Bertz CT molecular complexity index is 266. The van der Waals surface area contributed by atoms with Gasteiger partial charge < -0.3 is 10.6 Å². The van der Waals surface area contributed by atoms with Gasteiger partial charge in [0.15, 0.2) is 0 Å². The Labute approximate surface area is 118 Å². The first-order valence-corrected chi connectivity index (χ1v) is 7.92. The molecule has 112 valence electrons. The lowest BCUT2D eigenvalue weighted by Crippen LogP contribution is -2.43. The summed E-state index contributed by atoms with van der Waals surface area (Å²) in [7, 11) is 0. The van der Waals surface area contributed by atoms with Crippen molar-refractivity contribution in [2.75, 3.05) is 13.1 Å². The molecule has 0 aromatic carbocycles. The van der Waals surface area contributed by atoms with Crippen LogP contribution in [0.3, 0.4) is 0 Å². The molecule has 0 aliphatic heterocycles. The first-order valence-electron chi connectivity index (χ1n) is 7.92. The van der Waals surface area contributed by atoms with Crippen molar-refractivity contribution in [3.63, 3.8) is 0 Å². The van der Waals surface area contributed by atoms with Gasteiger partial charge >= 0.3 is 0 Å². The number of hydrogen-bond acceptors (Lipinski definition) is 2. The van der Waals surface area contributed by atoms with E-state index in [1.54, 1.807) is 0 Å². The molecule has 19 heavy (non-hydrogen) atoms. The molecule has 0 aromatic heterocycles. The molecule has 1 amide bonds. The van der Waals surface area contributed by atoms with Crippen LogP contribution in [0, 0.1) is 11.3 Å². The van der Waals surface area contributed by atoms with Crippen LogP contribution in [0.1, 0.15) is 66.2 Å². The van der Waals surface area contributed by atoms with E-state index in [9.17, 15) is 4.79 Å². The molecule has 1 rings (SSSR count). The Morgan fingerprint density at radius 2 is 1.74 bits per heavy atom. The fourth-order valence-electron chi connectivity index (χ4n) is 2.40. The van der Waals surface area contributed by atoms with Gasteiger partial charge in [-0.2, -0.15) is 0 Å². The van der Waals surface area contributed by atoms with E-state index in [0.717, 1.165) is 19.4 Å². The minimum Gasteiger partial charge on any atom is -0.352 e. The van der Waals surface area contributed by atoms with Gasteiger partial charge in [0, 0.05) is 12.6 Å². The van der Waals surface area contributed by atoms with Gasteiger partial charge in [-0.1, -0.05) is 53.4 Å². The van der Waals surface area contributed by atoms with Gasteiger partial charge in [0.1, 0.15) is 0 Å². The van der Waals surface area contributed by atoms with Crippen LogP contribution in [0.5, 0.6) is 0 Å². The van der Waals surface area contributed by atoms with Crippen molar-refractivity contribution in [2.24, 2.45) is 11.3 Å². The highest BCUT2D eigenvalue weighted by Gasteiger charge is 2.22. The fraction of sp³-hybridized carbons (Fsp3) is 0.938. The smallest absolute Gasteiger partial charge is 0.234 e. The van der Waals surface area contributed by atoms with Crippen LogP contribution in [-0.4, -0.2) is 25.0 Å². The van der Waals surface area contributed by atoms with E-state index < -0.39 is 0 Å². The summed E-state index contributed by atoms with van der Waals surface area (Å²) in [5.74, 6) is 0.774. The molecule has 0 heterocycles. The maximum absolute atomic E-state index is 11.9. The lowest BCUT2D eigenvalue weighted by molar-refractivity contribution is -0.121. The number of amides is 1. The molecule has 0 spiro atoms. The Kier molecular flexibility index (Phi) is 6.84. The molecule has 1 aliphatic carbocycles. The van der Waals surface area contributed by atoms with Gasteiger partial charge in [0.25, 0.3) is 0 Å². The van der Waals surface area contributed by atoms with E-state index in [4.69, 9.17) is 0 Å². The van der Waals surface area contributed by atoms with Crippen LogP contribution in [0.25, 0.3) is 0 Å². The predicted molar refractivity (Wildman–Crippen MR) is 81.1 cm³/mol. The molecule has 1 saturated carbocycles. The summed E-state index contributed by atoms with van der Waals surface area (Å²) in [6.45, 7) is 10.3. The summed E-state index contributed by atoms with van der Waals surface area (Å²) in [6.07, 6.45) is 7.49. The lowest BCUT2D eigenvalue weighted by Gasteiger charge is -2.29. The molecular formula is C16H32N2O. The van der Waals surface area contributed by atoms with Crippen LogP contribution in [0.15, 0.2) is 0 Å². The molecule has 3 heteroatoms. The number of rotatable bonds is 6. The molecule has 0 radical (unpaired) electrons. The fourth-order valence-corrected chi connectivity index (χ4v) is 2.40. The second-order valence-electron chi connectivity index (χ2n) is 7.00. The Hall–Kier alpha value is -0.570. The second kappa shape index (κ2) is 7.88. The highest BCUT2D eigenvalue weighted by atomic mass is 16.1. The highest BCUT2D eigenvalue weighted by Crippen LogP contribution is 2.24. The molecule has 0 unspecified atom stereocenters. The number of nitrogens with one attached hydrogen (secondary N) is 2. The third kappa shape index (κ3) is 6.42. The Morgan fingerprint density at radius 1 is 1.16 bits per heavy atom. The summed E-state index contributed by atoms with van der Waals surface area (Å²) in [6, 6.07) is 0.412. The summed E-state index contributed by atoms with van der Waals surface area (Å²) in [5, 5.41) is 6.47. The van der Waals surface area contributed by atoms with E-state index in [2.05, 4.69) is 38.3 Å². The van der Waals surface area contributed by atoms with E-state index in [1.165, 1.54) is 25.7 Å². The molecular weight excluding hydrogens is 236 g/mol. The SMILES string of the molecule is CC(C)C(C)(C)CNCC(=O)NC1CCCCCC1. The summed E-state index contributed by atoms with van der Waals surface area (Å²) in [5.41, 5.74) is 0.239. The van der Waals surface area contributed by atoms with E-state index in [-0.39, 0.29) is 11.3 Å². The van der Waals surface area contributed by atoms with Crippen molar-refractivity contribution in [2.45, 2.75) is 72.3 Å². The van der Waals surface area contributed by atoms with E-state index in [1.807, 2.05) is 0 Å². The average molecular weight is 268 g/mol. The molecule has 1 fully saturated rings. The van der Waals surface area contributed by atoms with Gasteiger partial charge in [-0.05, 0) is 24.2 Å². The van der Waals surface area contributed by atoms with Crippen molar-refractivity contribution in [3.05, 3.63) is 0 Å². The van der Waals surface area contributed by atoms with Gasteiger partial charge in [-0.15, -0.1) is 0 Å². The zero-order valence-corrected chi connectivity index (χ0v) is 13.2. The van der Waals surface area contributed by atoms with E-state index >= 15 is 0 Å². The standard InChI is InChI=1S/C16H32N2O/c1-13(2)16(3,4)12-17-11-15(19)18-14-9-7-5-6-8-10-14/h13-14,17H,5-12H2,1-4H3,(H,18,19). The topological polar surface area (TPSA) is 41.1 Å². The van der Waals surface area contributed by atoms with Crippen LogP contribution in [-0.2, 0) is 4.79 Å². The monoisotopic (exact) mass is 268 g/mol. The largest absolute Gasteiger partial charge is 0.352 e. The Balaban J connectivity index is 2.20. The molecule has 2 N–H and O–H groups in total. The maximum Gasteiger partial charge on any atom is 0.234 e. The average Bonchev–Trinajstić information content (AvgIpc) is 2.57. The first-order chi connectivity index (χ1) is 8.92. The zero-order chi connectivity index (χ0) is 14.3. The van der Waals surface area contributed by atoms with Crippen molar-refractivity contribution in [3.8, 4) is 0 Å². The van der Waals surface area contributed by atoms with Crippen molar-refractivity contribution in [1.82, 2.24) is 10.6 Å². The second-order valence-corrected chi connectivity index (χ2v) is 7.00. The molecule has 3 nitrogen and oxygen atoms in total. The van der Waals surface area contributed by atoms with Crippen LogP contribution >= 0.6 is 0 Å². The molecule has 0 saturated heterocycles. The van der Waals surface area contributed by atoms with E-state index in [0.29, 0.717) is 18.5 Å². The predicted octanol–water partition coefficient (Wildman–Crippen LogP) is 3.10.